The largest absolute Gasteiger partial charge is 0.386 e. The van der Waals surface area contributed by atoms with Gasteiger partial charge >= 0.3 is 0 Å². The van der Waals surface area contributed by atoms with E-state index < -0.39 is 0 Å². The Balaban J connectivity index is 1.46. The summed E-state index contributed by atoms with van der Waals surface area (Å²) in [6.45, 7) is 6.95. The molecule has 3 heterocycles. The molecule has 0 bridgehead atoms. The second-order valence-corrected chi connectivity index (χ2v) is 7.19. The molecule has 0 aliphatic carbocycles. The van der Waals surface area contributed by atoms with Crippen molar-refractivity contribution in [2.24, 2.45) is 5.92 Å². The van der Waals surface area contributed by atoms with E-state index in [-0.39, 0.29) is 0 Å². The Morgan fingerprint density at radius 1 is 1.20 bits per heavy atom. The lowest BCUT2D eigenvalue weighted by molar-refractivity contribution is 0.181. The minimum absolute atomic E-state index is 0.758. The molecule has 0 aromatic rings. The summed E-state index contributed by atoms with van der Waals surface area (Å²) in [6, 6.07) is 0.758. The van der Waals surface area contributed by atoms with Gasteiger partial charge in [-0.1, -0.05) is 13.0 Å². The van der Waals surface area contributed by atoms with Crippen LogP contribution in [0.15, 0.2) is 35.5 Å². The third kappa shape index (κ3) is 3.61. The number of hydrogen-bond acceptors (Lipinski definition) is 4. The van der Waals surface area contributed by atoms with Gasteiger partial charge in [0.15, 0.2) is 0 Å². The van der Waals surface area contributed by atoms with Gasteiger partial charge in [0.2, 0.25) is 0 Å². The lowest BCUT2D eigenvalue weighted by Gasteiger charge is -2.39. The fourth-order valence-electron chi connectivity index (χ4n) is 3.02. The molecule has 0 aromatic carbocycles. The van der Waals surface area contributed by atoms with Crippen molar-refractivity contribution in [2.45, 2.75) is 32.2 Å². The Labute approximate surface area is 126 Å². The van der Waals surface area contributed by atoms with Crippen LogP contribution in [-0.2, 0) is 0 Å². The van der Waals surface area contributed by atoms with E-state index in [4.69, 9.17) is 0 Å². The Bertz CT molecular complexity index is 408. The predicted molar refractivity (Wildman–Crippen MR) is 87.0 cm³/mol. The highest BCUT2D eigenvalue weighted by atomic mass is 32.2. The highest BCUT2D eigenvalue weighted by molar-refractivity contribution is 8.00. The van der Waals surface area contributed by atoms with Gasteiger partial charge in [-0.2, -0.15) is 0 Å². The summed E-state index contributed by atoms with van der Waals surface area (Å²) in [7, 11) is 0. The molecule has 0 spiro atoms. The van der Waals surface area contributed by atoms with E-state index in [9.17, 15) is 0 Å². The van der Waals surface area contributed by atoms with E-state index in [1.54, 1.807) is 0 Å². The first kappa shape index (κ1) is 14.1. The molecule has 1 saturated heterocycles. The van der Waals surface area contributed by atoms with Crippen molar-refractivity contribution in [1.29, 1.82) is 0 Å². The summed E-state index contributed by atoms with van der Waals surface area (Å²) in [6.07, 6.45) is 15.0. The molecule has 0 radical (unpaired) electrons. The molecule has 1 unspecified atom stereocenters. The lowest BCUT2D eigenvalue weighted by atomic mass is 10.00. The van der Waals surface area contributed by atoms with Crippen molar-refractivity contribution in [3.63, 3.8) is 0 Å². The fourth-order valence-corrected chi connectivity index (χ4v) is 4.03. The van der Waals surface area contributed by atoms with Crippen LogP contribution in [0.5, 0.6) is 0 Å². The van der Waals surface area contributed by atoms with Gasteiger partial charge < -0.3 is 10.2 Å². The van der Waals surface area contributed by atoms with Crippen molar-refractivity contribution in [3.8, 4) is 0 Å². The highest BCUT2D eigenvalue weighted by Crippen LogP contribution is 2.28. The smallest absolute Gasteiger partial charge is 0.0467 e. The summed E-state index contributed by atoms with van der Waals surface area (Å²) >= 11 is 1.93. The molecular weight excluding hydrogens is 266 g/mol. The Morgan fingerprint density at radius 3 is 2.70 bits per heavy atom. The van der Waals surface area contributed by atoms with E-state index >= 15 is 0 Å². The molecule has 0 aromatic heterocycles. The first-order valence-corrected chi connectivity index (χ1v) is 8.55. The summed E-state index contributed by atoms with van der Waals surface area (Å²) in [5.74, 6) is 0.765. The van der Waals surface area contributed by atoms with Crippen LogP contribution in [0.1, 0.15) is 26.2 Å². The molecular formula is C16H25N3S. The average molecular weight is 291 g/mol. The number of hydrogen-bond donors (Lipinski definition) is 1. The van der Waals surface area contributed by atoms with Gasteiger partial charge in [0, 0.05) is 37.1 Å². The minimum Gasteiger partial charge on any atom is -0.386 e. The second-order valence-electron chi connectivity index (χ2n) is 5.97. The van der Waals surface area contributed by atoms with Gasteiger partial charge in [0.05, 0.1) is 0 Å². The van der Waals surface area contributed by atoms with E-state index in [0.717, 1.165) is 18.5 Å². The van der Waals surface area contributed by atoms with E-state index in [2.05, 4.69) is 45.9 Å². The molecule has 0 amide bonds. The van der Waals surface area contributed by atoms with Crippen LogP contribution in [0.25, 0.3) is 0 Å². The maximum atomic E-state index is 3.28. The van der Waals surface area contributed by atoms with Crippen LogP contribution < -0.4 is 5.32 Å². The number of allylic oxidation sites excluding steroid dienone is 3. The van der Waals surface area contributed by atoms with Gasteiger partial charge in [-0.15, -0.1) is 0 Å². The number of piperidine rings is 1. The van der Waals surface area contributed by atoms with Gasteiger partial charge in [-0.05, 0) is 61.7 Å². The van der Waals surface area contributed by atoms with Crippen molar-refractivity contribution < 1.29 is 0 Å². The van der Waals surface area contributed by atoms with Crippen LogP contribution >= 0.6 is 11.9 Å². The van der Waals surface area contributed by atoms with Gasteiger partial charge in [-0.25, -0.2) is 4.31 Å². The SMILES string of the molecule is CC1C=CN(C2CCN(SC3=CC=CNC3)CC2)CC1. The monoisotopic (exact) mass is 291 g/mol. The number of nitrogens with one attached hydrogen (secondary N) is 1. The molecule has 20 heavy (non-hydrogen) atoms. The molecule has 110 valence electrons. The third-order valence-corrected chi connectivity index (χ3v) is 5.50. The zero-order valence-electron chi connectivity index (χ0n) is 12.3. The van der Waals surface area contributed by atoms with Crippen LogP contribution in [0.3, 0.4) is 0 Å². The standard InChI is InChI=1S/C16H25N3S/c1-14-4-9-18(10-5-14)15-6-11-19(12-7-15)20-16-3-2-8-17-13-16/h2-4,8-9,14-15,17H,5-7,10-13H2,1H3. The minimum atomic E-state index is 0.758. The maximum Gasteiger partial charge on any atom is 0.0467 e. The zero-order chi connectivity index (χ0) is 13.8. The van der Waals surface area contributed by atoms with Gasteiger partial charge in [-0.3, -0.25) is 0 Å². The van der Waals surface area contributed by atoms with Crippen molar-refractivity contribution in [1.82, 2.24) is 14.5 Å². The van der Waals surface area contributed by atoms with E-state index in [1.165, 1.54) is 43.8 Å². The highest BCUT2D eigenvalue weighted by Gasteiger charge is 2.25. The Hall–Kier alpha value is -0.870. The molecule has 1 N–H and O–H groups in total. The first-order valence-electron chi connectivity index (χ1n) is 7.77. The molecule has 0 saturated carbocycles. The van der Waals surface area contributed by atoms with Crippen molar-refractivity contribution >= 4 is 11.9 Å². The van der Waals surface area contributed by atoms with Gasteiger partial charge in [0.25, 0.3) is 0 Å². The summed E-state index contributed by atoms with van der Waals surface area (Å²) < 4.78 is 2.53. The summed E-state index contributed by atoms with van der Waals surface area (Å²) in [4.78, 5) is 4.00. The second kappa shape index (κ2) is 6.72. The molecule has 4 heteroatoms. The van der Waals surface area contributed by atoms with Crippen molar-refractivity contribution in [3.05, 3.63) is 35.5 Å². The Morgan fingerprint density at radius 2 is 2.05 bits per heavy atom. The van der Waals surface area contributed by atoms with Crippen LogP contribution in [0.2, 0.25) is 0 Å². The normalized spacial score (nSPS) is 28.4. The molecule has 3 rings (SSSR count). The third-order valence-electron chi connectivity index (χ3n) is 4.36. The van der Waals surface area contributed by atoms with Crippen LogP contribution in [0, 0.1) is 5.92 Å². The maximum absolute atomic E-state index is 3.28. The van der Waals surface area contributed by atoms with Gasteiger partial charge in [0.1, 0.15) is 0 Å². The topological polar surface area (TPSA) is 18.5 Å². The quantitative estimate of drug-likeness (QED) is 0.806. The average Bonchev–Trinajstić information content (AvgIpc) is 2.50. The predicted octanol–water partition coefficient (Wildman–Crippen LogP) is 2.96. The Kier molecular flexibility index (Phi) is 4.73. The zero-order valence-corrected chi connectivity index (χ0v) is 13.1. The number of nitrogens with zero attached hydrogens (tertiary/aromatic N) is 2. The van der Waals surface area contributed by atoms with Crippen LogP contribution in [-0.4, -0.2) is 41.4 Å². The number of dihydropyridines is 1. The molecule has 3 aliphatic heterocycles. The lowest BCUT2D eigenvalue weighted by Crippen LogP contribution is -2.42. The molecule has 3 aliphatic rings. The number of rotatable bonds is 3. The molecule has 1 atom stereocenters. The fraction of sp³-hybridized carbons (Fsp3) is 0.625. The summed E-state index contributed by atoms with van der Waals surface area (Å²) in [5, 5.41) is 3.28. The molecule has 1 fully saturated rings. The summed E-state index contributed by atoms with van der Waals surface area (Å²) in [5.41, 5.74) is 0. The van der Waals surface area contributed by atoms with E-state index in [1.807, 2.05) is 18.1 Å². The first-order chi connectivity index (χ1) is 9.81. The van der Waals surface area contributed by atoms with Crippen LogP contribution in [0.4, 0.5) is 0 Å². The molecule has 3 nitrogen and oxygen atoms in total. The van der Waals surface area contributed by atoms with E-state index in [0.29, 0.717) is 0 Å². The van der Waals surface area contributed by atoms with Crippen molar-refractivity contribution in [2.75, 3.05) is 26.2 Å².